The van der Waals surface area contributed by atoms with E-state index >= 15 is 0 Å². The third kappa shape index (κ3) is 3.50. The number of aromatic nitrogens is 4. The Morgan fingerprint density at radius 1 is 1.00 bits per heavy atom. The zero-order valence-electron chi connectivity index (χ0n) is 18.1. The van der Waals surface area contributed by atoms with Crippen LogP contribution in [0.3, 0.4) is 0 Å². The quantitative estimate of drug-likeness (QED) is 0.478. The molecule has 5 rings (SSSR count). The van der Waals surface area contributed by atoms with Gasteiger partial charge in [-0.15, -0.1) is 10.2 Å². The number of methoxy groups -OCH3 is 2. The summed E-state index contributed by atoms with van der Waals surface area (Å²) < 4.78 is 12.4. The highest BCUT2D eigenvalue weighted by atomic mass is 16.5. The number of nitrogens with zero attached hydrogens (tertiary/aromatic N) is 6. The summed E-state index contributed by atoms with van der Waals surface area (Å²) in [5, 5.41) is 9.99. The van der Waals surface area contributed by atoms with Gasteiger partial charge in [0.2, 0.25) is 11.9 Å². The monoisotopic (exact) mass is 432 g/mol. The molecular formula is C23H24N6O3. The molecule has 0 bridgehead atoms. The van der Waals surface area contributed by atoms with Crippen molar-refractivity contribution in [1.29, 1.82) is 0 Å². The molecule has 2 aromatic carbocycles. The van der Waals surface area contributed by atoms with Gasteiger partial charge in [-0.05, 0) is 24.3 Å². The van der Waals surface area contributed by atoms with E-state index in [0.29, 0.717) is 32.0 Å². The van der Waals surface area contributed by atoms with Crippen molar-refractivity contribution in [2.24, 2.45) is 0 Å². The van der Waals surface area contributed by atoms with Gasteiger partial charge >= 0.3 is 0 Å². The molecule has 1 fully saturated rings. The number of hydrogen-bond donors (Lipinski definition) is 0. The molecule has 32 heavy (non-hydrogen) atoms. The van der Waals surface area contributed by atoms with Crippen LogP contribution in [0.4, 0.5) is 5.95 Å². The summed E-state index contributed by atoms with van der Waals surface area (Å²) >= 11 is 0. The van der Waals surface area contributed by atoms with Crippen molar-refractivity contribution in [3.63, 3.8) is 0 Å². The lowest BCUT2D eigenvalue weighted by molar-refractivity contribution is -0.135. The topological polar surface area (TPSA) is 85.1 Å². The normalized spacial score (nSPS) is 14.3. The Morgan fingerprint density at radius 3 is 2.59 bits per heavy atom. The Bertz CT molecular complexity index is 1280. The van der Waals surface area contributed by atoms with Crippen LogP contribution >= 0.6 is 0 Å². The minimum atomic E-state index is 0.00475. The largest absolute Gasteiger partial charge is 0.497 e. The van der Waals surface area contributed by atoms with Crippen molar-refractivity contribution < 1.29 is 14.3 Å². The number of ether oxygens (including phenoxy) is 2. The standard InChI is InChI=1S/C23H24N6O3/c1-31-15-20(30)27-10-12-28(13-11-27)23-24-19-9-4-3-8-18(19)22-26-25-21(29(22)23)16-6-5-7-17(14-16)32-2/h3-9,14H,10-13,15H2,1-2H3. The molecule has 9 heteroatoms. The Morgan fingerprint density at radius 2 is 1.81 bits per heavy atom. The minimum Gasteiger partial charge on any atom is -0.497 e. The van der Waals surface area contributed by atoms with E-state index in [-0.39, 0.29) is 12.5 Å². The number of amides is 1. The summed E-state index contributed by atoms with van der Waals surface area (Å²) in [7, 11) is 3.18. The highest BCUT2D eigenvalue weighted by Crippen LogP contribution is 2.30. The number of fused-ring (bicyclic) bond motifs is 3. The maximum atomic E-state index is 12.2. The fraction of sp³-hybridized carbons (Fsp3) is 0.304. The Kier molecular flexibility index (Phi) is 5.32. The number of carbonyl (C=O) groups is 1. The van der Waals surface area contributed by atoms with Crippen molar-refractivity contribution in [3.05, 3.63) is 48.5 Å². The average Bonchev–Trinajstić information content (AvgIpc) is 3.29. The maximum absolute atomic E-state index is 12.2. The summed E-state index contributed by atoms with van der Waals surface area (Å²) in [6.07, 6.45) is 0. The number of hydrogen-bond acceptors (Lipinski definition) is 7. The molecule has 164 valence electrons. The number of anilines is 1. The fourth-order valence-electron chi connectivity index (χ4n) is 4.10. The first-order valence-electron chi connectivity index (χ1n) is 10.5. The average molecular weight is 432 g/mol. The fourth-order valence-corrected chi connectivity index (χ4v) is 4.10. The second-order valence-corrected chi connectivity index (χ2v) is 7.64. The van der Waals surface area contributed by atoms with Crippen LogP contribution in [0.25, 0.3) is 27.9 Å². The lowest BCUT2D eigenvalue weighted by Gasteiger charge is -2.35. The van der Waals surface area contributed by atoms with E-state index in [1.54, 1.807) is 7.11 Å². The molecule has 1 saturated heterocycles. The summed E-state index contributed by atoms with van der Waals surface area (Å²) in [5.74, 6) is 2.22. The van der Waals surface area contributed by atoms with Crippen LogP contribution in [0.5, 0.6) is 5.75 Å². The number of rotatable bonds is 5. The summed E-state index contributed by atoms with van der Waals surface area (Å²) in [6.45, 7) is 2.63. The molecule has 0 aliphatic carbocycles. The van der Waals surface area contributed by atoms with Gasteiger partial charge in [-0.25, -0.2) is 9.38 Å². The van der Waals surface area contributed by atoms with Gasteiger partial charge in [-0.3, -0.25) is 4.79 Å². The smallest absolute Gasteiger partial charge is 0.248 e. The number of piperazine rings is 1. The second-order valence-electron chi connectivity index (χ2n) is 7.64. The van der Waals surface area contributed by atoms with E-state index < -0.39 is 0 Å². The van der Waals surface area contributed by atoms with Crippen LogP contribution in [-0.2, 0) is 9.53 Å². The van der Waals surface area contributed by atoms with Gasteiger partial charge in [0.05, 0.1) is 12.6 Å². The number of carbonyl (C=O) groups excluding carboxylic acids is 1. The van der Waals surface area contributed by atoms with Crippen LogP contribution < -0.4 is 9.64 Å². The highest BCUT2D eigenvalue weighted by Gasteiger charge is 2.26. The molecule has 0 saturated carbocycles. The number of benzene rings is 2. The van der Waals surface area contributed by atoms with Crippen molar-refractivity contribution >= 4 is 28.4 Å². The van der Waals surface area contributed by atoms with E-state index in [2.05, 4.69) is 15.1 Å². The Labute approximate surface area is 185 Å². The SMILES string of the molecule is COCC(=O)N1CCN(c2nc3ccccc3c3nnc(-c4cccc(OC)c4)n23)CC1. The summed E-state index contributed by atoms with van der Waals surface area (Å²) in [4.78, 5) is 21.2. The van der Waals surface area contributed by atoms with Crippen molar-refractivity contribution in [1.82, 2.24) is 24.5 Å². The van der Waals surface area contributed by atoms with E-state index in [1.807, 2.05) is 57.8 Å². The molecule has 2 aromatic heterocycles. The third-order valence-electron chi connectivity index (χ3n) is 5.74. The van der Waals surface area contributed by atoms with Gasteiger partial charge in [0.25, 0.3) is 0 Å². The molecule has 0 spiro atoms. The Balaban J connectivity index is 1.61. The van der Waals surface area contributed by atoms with Crippen molar-refractivity contribution in [2.45, 2.75) is 0 Å². The van der Waals surface area contributed by atoms with Gasteiger partial charge < -0.3 is 19.3 Å². The van der Waals surface area contributed by atoms with E-state index in [4.69, 9.17) is 14.5 Å². The molecule has 0 unspecified atom stereocenters. The zero-order chi connectivity index (χ0) is 22.1. The van der Waals surface area contributed by atoms with Crippen molar-refractivity contribution in [3.8, 4) is 17.1 Å². The van der Waals surface area contributed by atoms with Crippen LogP contribution in [0.15, 0.2) is 48.5 Å². The number of para-hydroxylation sites is 1. The van der Waals surface area contributed by atoms with Crippen LogP contribution in [-0.4, -0.2) is 77.4 Å². The minimum absolute atomic E-state index is 0.00475. The lowest BCUT2D eigenvalue weighted by Crippen LogP contribution is -2.50. The van der Waals surface area contributed by atoms with Crippen LogP contribution in [0.2, 0.25) is 0 Å². The molecule has 4 aromatic rings. The highest BCUT2D eigenvalue weighted by molar-refractivity contribution is 5.93. The predicted molar refractivity (Wildman–Crippen MR) is 121 cm³/mol. The molecule has 0 radical (unpaired) electrons. The molecule has 1 amide bonds. The third-order valence-corrected chi connectivity index (χ3v) is 5.74. The van der Waals surface area contributed by atoms with E-state index in [9.17, 15) is 4.79 Å². The first-order valence-corrected chi connectivity index (χ1v) is 10.5. The van der Waals surface area contributed by atoms with Crippen LogP contribution in [0.1, 0.15) is 0 Å². The lowest BCUT2D eigenvalue weighted by atomic mass is 10.2. The second kappa shape index (κ2) is 8.43. The first-order chi connectivity index (χ1) is 15.7. The molecule has 9 nitrogen and oxygen atoms in total. The van der Waals surface area contributed by atoms with Gasteiger partial charge in [-0.2, -0.15) is 0 Å². The van der Waals surface area contributed by atoms with Crippen molar-refractivity contribution in [2.75, 3.05) is 51.9 Å². The zero-order valence-corrected chi connectivity index (χ0v) is 18.1. The molecule has 1 aliphatic rings. The molecule has 1 aliphatic heterocycles. The van der Waals surface area contributed by atoms with E-state index in [0.717, 1.165) is 33.8 Å². The van der Waals surface area contributed by atoms with E-state index in [1.165, 1.54) is 7.11 Å². The summed E-state index contributed by atoms with van der Waals surface area (Å²) in [5.41, 5.74) is 2.50. The molecule has 3 heterocycles. The van der Waals surface area contributed by atoms with Gasteiger partial charge in [-0.1, -0.05) is 24.3 Å². The predicted octanol–water partition coefficient (Wildman–Crippen LogP) is 2.25. The van der Waals surface area contributed by atoms with Gasteiger partial charge in [0, 0.05) is 44.2 Å². The Hall–Kier alpha value is -3.72. The molecule has 0 atom stereocenters. The molecular weight excluding hydrogens is 408 g/mol. The maximum Gasteiger partial charge on any atom is 0.248 e. The van der Waals surface area contributed by atoms with Crippen LogP contribution in [0, 0.1) is 0 Å². The molecule has 0 N–H and O–H groups in total. The first kappa shape index (κ1) is 20.2. The van der Waals surface area contributed by atoms with Gasteiger partial charge in [0.15, 0.2) is 11.5 Å². The summed E-state index contributed by atoms with van der Waals surface area (Å²) in [6, 6.07) is 15.7. The van der Waals surface area contributed by atoms with Gasteiger partial charge in [0.1, 0.15) is 12.4 Å².